The number of rotatable bonds is 5. The van der Waals surface area contributed by atoms with Crippen LogP contribution in [0, 0.1) is 5.92 Å². The van der Waals surface area contributed by atoms with E-state index in [2.05, 4.69) is 0 Å². The molecule has 0 aliphatic carbocycles. The van der Waals surface area contributed by atoms with Crippen molar-refractivity contribution >= 4 is 0 Å². The highest BCUT2D eigenvalue weighted by molar-refractivity contribution is 5.15. The molecule has 0 aliphatic heterocycles. The first kappa shape index (κ1) is 11.1. The Morgan fingerprint density at radius 1 is 1.14 bits per heavy atom. The Kier molecular flexibility index (Phi) is 4.53. The number of nitrogens with two attached hydrogens (primary N) is 1. The summed E-state index contributed by atoms with van der Waals surface area (Å²) in [7, 11) is 0. The SMILES string of the molecule is NCCC(Cc1ccccc1)C(F)F. The number of alkyl halides is 2. The molecule has 0 amide bonds. The van der Waals surface area contributed by atoms with Crippen molar-refractivity contribution in [2.24, 2.45) is 11.7 Å². The van der Waals surface area contributed by atoms with Gasteiger partial charge in [0, 0.05) is 5.92 Å². The molecule has 0 bridgehead atoms. The molecule has 78 valence electrons. The van der Waals surface area contributed by atoms with Gasteiger partial charge in [-0.2, -0.15) is 0 Å². The predicted octanol–water partition coefficient (Wildman–Crippen LogP) is 2.46. The molecule has 2 N–H and O–H groups in total. The Bertz CT molecular complexity index is 249. The summed E-state index contributed by atoms with van der Waals surface area (Å²) < 4.78 is 25.0. The summed E-state index contributed by atoms with van der Waals surface area (Å²) >= 11 is 0. The average molecular weight is 199 g/mol. The molecular weight excluding hydrogens is 184 g/mol. The van der Waals surface area contributed by atoms with Crippen LogP contribution in [0.5, 0.6) is 0 Å². The maximum Gasteiger partial charge on any atom is 0.241 e. The first-order valence-corrected chi connectivity index (χ1v) is 4.76. The summed E-state index contributed by atoms with van der Waals surface area (Å²) in [4.78, 5) is 0. The van der Waals surface area contributed by atoms with Gasteiger partial charge in [0.15, 0.2) is 0 Å². The van der Waals surface area contributed by atoms with Crippen molar-refractivity contribution in [1.29, 1.82) is 0 Å². The molecule has 1 aromatic carbocycles. The fourth-order valence-electron chi connectivity index (χ4n) is 1.45. The summed E-state index contributed by atoms with van der Waals surface area (Å²) in [6.07, 6.45) is -1.49. The Morgan fingerprint density at radius 3 is 2.29 bits per heavy atom. The van der Waals surface area contributed by atoms with Crippen molar-refractivity contribution < 1.29 is 8.78 Å². The van der Waals surface area contributed by atoms with Crippen molar-refractivity contribution in [2.75, 3.05) is 6.54 Å². The molecule has 0 heterocycles. The summed E-state index contributed by atoms with van der Waals surface area (Å²) in [6, 6.07) is 9.34. The fraction of sp³-hybridized carbons (Fsp3) is 0.455. The zero-order chi connectivity index (χ0) is 10.4. The van der Waals surface area contributed by atoms with Crippen LogP contribution >= 0.6 is 0 Å². The highest BCUT2D eigenvalue weighted by atomic mass is 19.3. The summed E-state index contributed by atoms with van der Waals surface area (Å²) in [6.45, 7) is 0.321. The Balaban J connectivity index is 2.55. The second kappa shape index (κ2) is 5.70. The molecule has 0 radical (unpaired) electrons. The van der Waals surface area contributed by atoms with Crippen molar-refractivity contribution in [3.05, 3.63) is 35.9 Å². The van der Waals surface area contributed by atoms with Gasteiger partial charge >= 0.3 is 0 Å². The molecule has 0 saturated carbocycles. The lowest BCUT2D eigenvalue weighted by atomic mass is 9.97. The zero-order valence-electron chi connectivity index (χ0n) is 8.00. The van der Waals surface area contributed by atoms with Gasteiger partial charge < -0.3 is 5.73 Å². The third-order valence-electron chi connectivity index (χ3n) is 2.23. The summed E-state index contributed by atoms with van der Waals surface area (Å²) in [5.41, 5.74) is 6.24. The van der Waals surface area contributed by atoms with Crippen molar-refractivity contribution in [2.45, 2.75) is 19.3 Å². The van der Waals surface area contributed by atoms with Crippen LogP contribution < -0.4 is 5.73 Å². The van der Waals surface area contributed by atoms with Crippen LogP contribution in [0.1, 0.15) is 12.0 Å². The molecule has 1 atom stereocenters. The number of hydrogen-bond acceptors (Lipinski definition) is 1. The molecular formula is C11H15F2N. The van der Waals surface area contributed by atoms with Gasteiger partial charge in [-0.15, -0.1) is 0 Å². The molecule has 1 rings (SSSR count). The van der Waals surface area contributed by atoms with Crippen LogP contribution in [0.3, 0.4) is 0 Å². The molecule has 3 heteroatoms. The van der Waals surface area contributed by atoms with Crippen molar-refractivity contribution in [1.82, 2.24) is 0 Å². The van der Waals surface area contributed by atoms with Crippen molar-refractivity contribution in [3.63, 3.8) is 0 Å². The van der Waals surface area contributed by atoms with E-state index in [0.29, 0.717) is 19.4 Å². The standard InChI is InChI=1S/C11H15F2N/c12-11(13)10(6-7-14)8-9-4-2-1-3-5-9/h1-5,10-11H,6-8,14H2. The molecule has 0 aromatic heterocycles. The molecule has 0 aliphatic rings. The minimum absolute atomic E-state index is 0.321. The summed E-state index contributed by atoms with van der Waals surface area (Å²) in [5, 5.41) is 0. The maximum atomic E-state index is 12.5. The van der Waals surface area contributed by atoms with Crippen LogP contribution in [0.4, 0.5) is 8.78 Å². The van der Waals surface area contributed by atoms with Gasteiger partial charge in [-0.1, -0.05) is 30.3 Å². The van der Waals surface area contributed by atoms with Gasteiger partial charge in [0.05, 0.1) is 0 Å². The Morgan fingerprint density at radius 2 is 1.79 bits per heavy atom. The zero-order valence-corrected chi connectivity index (χ0v) is 8.00. The fourth-order valence-corrected chi connectivity index (χ4v) is 1.45. The van der Waals surface area contributed by atoms with Crippen LogP contribution in [0.15, 0.2) is 30.3 Å². The normalized spacial score (nSPS) is 13.1. The molecule has 1 nitrogen and oxygen atoms in total. The van der Waals surface area contributed by atoms with Gasteiger partial charge in [0.2, 0.25) is 6.43 Å². The van der Waals surface area contributed by atoms with Gasteiger partial charge in [0.25, 0.3) is 0 Å². The number of halogens is 2. The Hall–Kier alpha value is -0.960. The van der Waals surface area contributed by atoms with Gasteiger partial charge in [-0.25, -0.2) is 8.78 Å². The van der Waals surface area contributed by atoms with E-state index in [0.717, 1.165) is 5.56 Å². The monoisotopic (exact) mass is 199 g/mol. The third-order valence-corrected chi connectivity index (χ3v) is 2.23. The molecule has 1 aromatic rings. The van der Waals surface area contributed by atoms with E-state index in [-0.39, 0.29) is 0 Å². The minimum atomic E-state index is -2.28. The smallest absolute Gasteiger partial charge is 0.241 e. The molecule has 14 heavy (non-hydrogen) atoms. The first-order chi connectivity index (χ1) is 6.74. The summed E-state index contributed by atoms with van der Waals surface area (Å²) in [5.74, 6) is -0.609. The molecule has 0 spiro atoms. The number of benzene rings is 1. The van der Waals surface area contributed by atoms with Crippen LogP contribution in [-0.4, -0.2) is 13.0 Å². The molecule has 1 unspecified atom stereocenters. The average Bonchev–Trinajstić information content (AvgIpc) is 2.18. The molecule has 0 saturated heterocycles. The van der Waals surface area contributed by atoms with Gasteiger partial charge in [-0.05, 0) is 24.9 Å². The van der Waals surface area contributed by atoms with Crippen LogP contribution in [0.25, 0.3) is 0 Å². The van der Waals surface area contributed by atoms with Gasteiger partial charge in [-0.3, -0.25) is 0 Å². The molecule has 0 fully saturated rings. The van der Waals surface area contributed by atoms with Crippen LogP contribution in [0.2, 0.25) is 0 Å². The topological polar surface area (TPSA) is 26.0 Å². The lowest BCUT2D eigenvalue weighted by Gasteiger charge is -2.14. The van der Waals surface area contributed by atoms with E-state index in [9.17, 15) is 8.78 Å². The van der Waals surface area contributed by atoms with E-state index < -0.39 is 12.3 Å². The largest absolute Gasteiger partial charge is 0.330 e. The van der Waals surface area contributed by atoms with E-state index in [1.54, 1.807) is 0 Å². The quantitative estimate of drug-likeness (QED) is 0.774. The first-order valence-electron chi connectivity index (χ1n) is 4.76. The van der Waals surface area contributed by atoms with E-state index >= 15 is 0 Å². The predicted molar refractivity (Wildman–Crippen MR) is 53.3 cm³/mol. The highest BCUT2D eigenvalue weighted by Gasteiger charge is 2.19. The van der Waals surface area contributed by atoms with E-state index in [1.165, 1.54) is 0 Å². The van der Waals surface area contributed by atoms with Crippen LogP contribution in [-0.2, 0) is 6.42 Å². The third kappa shape index (κ3) is 3.42. The second-order valence-electron chi connectivity index (χ2n) is 3.36. The van der Waals surface area contributed by atoms with Crippen molar-refractivity contribution in [3.8, 4) is 0 Å². The second-order valence-corrected chi connectivity index (χ2v) is 3.36. The lowest BCUT2D eigenvalue weighted by Crippen LogP contribution is -2.18. The van der Waals surface area contributed by atoms with E-state index in [1.807, 2.05) is 30.3 Å². The number of hydrogen-bond donors (Lipinski definition) is 1. The maximum absolute atomic E-state index is 12.5. The lowest BCUT2D eigenvalue weighted by molar-refractivity contribution is 0.0736. The highest BCUT2D eigenvalue weighted by Crippen LogP contribution is 2.18. The Labute approximate surface area is 82.9 Å². The van der Waals surface area contributed by atoms with E-state index in [4.69, 9.17) is 5.73 Å². The van der Waals surface area contributed by atoms with Gasteiger partial charge in [0.1, 0.15) is 0 Å². The minimum Gasteiger partial charge on any atom is -0.330 e.